The molecule has 0 atom stereocenters. The van der Waals surface area contributed by atoms with Gasteiger partial charge in [-0.2, -0.15) is 0 Å². The van der Waals surface area contributed by atoms with Crippen LogP contribution in [0.1, 0.15) is 13.3 Å². The van der Waals surface area contributed by atoms with Crippen LogP contribution in [-0.4, -0.2) is 20.4 Å². The maximum Gasteiger partial charge on any atom is 0.402 e. The predicted octanol–water partition coefficient (Wildman–Crippen LogP) is 1.43. The third-order valence-corrected chi connectivity index (χ3v) is 3.10. The monoisotopic (exact) mass is 184 g/mol. The Labute approximate surface area is 63.2 Å². The molecule has 0 aliphatic heterocycles. The van der Waals surface area contributed by atoms with Gasteiger partial charge in [0, 0.05) is 5.75 Å². The van der Waals surface area contributed by atoms with E-state index in [0.29, 0.717) is 17.5 Å². The summed E-state index contributed by atoms with van der Waals surface area (Å²) < 4.78 is 10.2. The molecule has 0 aliphatic rings. The minimum absolute atomic E-state index is 0.462. The van der Waals surface area contributed by atoms with Crippen LogP contribution in [0.3, 0.4) is 0 Å². The number of hydrogen-bond donors (Lipinski definition) is 2. The Kier molecular flexibility index (Phi) is 4.20. The molecule has 0 bridgehead atoms. The van der Waals surface area contributed by atoms with Crippen molar-refractivity contribution in [3.8, 4) is 0 Å². The summed E-state index contributed by atoms with van der Waals surface area (Å²) in [4.78, 5) is 25.9. The van der Waals surface area contributed by atoms with Crippen molar-refractivity contribution in [1.82, 2.24) is 0 Å². The number of carbonyl (C=O) groups is 1. The fourth-order valence-corrected chi connectivity index (χ4v) is 1.60. The second kappa shape index (κ2) is 4.13. The molecule has 0 radical (unpaired) electrons. The van der Waals surface area contributed by atoms with Crippen LogP contribution in [0.4, 0.5) is 4.79 Å². The third-order valence-electron chi connectivity index (χ3n) is 0.667. The van der Waals surface area contributed by atoms with Gasteiger partial charge in [-0.3, -0.25) is 9.36 Å². The second-order valence-electron chi connectivity index (χ2n) is 1.66. The van der Waals surface area contributed by atoms with Crippen molar-refractivity contribution in [1.29, 1.82) is 0 Å². The zero-order valence-corrected chi connectivity index (χ0v) is 7.19. The quantitative estimate of drug-likeness (QED) is 0.649. The molecule has 0 fully saturated rings. The lowest BCUT2D eigenvalue weighted by molar-refractivity contribution is 0.266. The van der Waals surface area contributed by atoms with Crippen LogP contribution in [0.2, 0.25) is 0 Å². The Bertz CT molecular complexity index is 163. The van der Waals surface area contributed by atoms with Crippen LogP contribution in [0.15, 0.2) is 0 Å². The Balaban J connectivity index is 3.76. The van der Waals surface area contributed by atoms with Gasteiger partial charge in [0.15, 0.2) is 0 Å². The molecule has 60 valence electrons. The van der Waals surface area contributed by atoms with Crippen LogP contribution in [0.5, 0.6) is 0 Å². The van der Waals surface area contributed by atoms with E-state index in [1.165, 1.54) is 0 Å². The van der Waals surface area contributed by atoms with Crippen LogP contribution >= 0.6 is 19.4 Å². The van der Waals surface area contributed by atoms with E-state index in [2.05, 4.69) is 0 Å². The first-order valence-corrected chi connectivity index (χ1v) is 5.31. The van der Waals surface area contributed by atoms with Crippen molar-refractivity contribution in [3.63, 3.8) is 0 Å². The average Bonchev–Trinajstić information content (AvgIpc) is 1.80. The molecule has 0 unspecified atom stereocenters. The van der Waals surface area contributed by atoms with Crippen molar-refractivity contribution in [2.24, 2.45) is 0 Å². The molecule has 0 heterocycles. The summed E-state index contributed by atoms with van der Waals surface area (Å²) >= 11 is 0.681. The molecule has 0 amide bonds. The highest BCUT2D eigenvalue weighted by Crippen LogP contribution is 2.41. The highest BCUT2D eigenvalue weighted by molar-refractivity contribution is 8.24. The van der Waals surface area contributed by atoms with Crippen molar-refractivity contribution >= 4 is 24.2 Å². The minimum Gasteiger partial charge on any atom is -0.318 e. The smallest absolute Gasteiger partial charge is 0.318 e. The second-order valence-corrected chi connectivity index (χ2v) is 4.52. The normalized spacial score (nSPS) is 11.5. The Hall–Kier alpha value is 0.170. The standard InChI is InChI=1S/C4H9O4PS/c1-2-3-10-4(5)9(6,7)8/h2-3H2,1H3,(H2,6,7,8). The minimum atomic E-state index is -4.46. The van der Waals surface area contributed by atoms with Crippen molar-refractivity contribution in [3.05, 3.63) is 0 Å². The van der Waals surface area contributed by atoms with Gasteiger partial charge in [-0.25, -0.2) is 0 Å². The number of hydrogen-bond acceptors (Lipinski definition) is 3. The van der Waals surface area contributed by atoms with E-state index in [1.807, 2.05) is 6.92 Å². The predicted molar refractivity (Wildman–Crippen MR) is 40.2 cm³/mol. The summed E-state index contributed by atoms with van der Waals surface area (Å²) in [5, 5.41) is 0. The van der Waals surface area contributed by atoms with E-state index in [-0.39, 0.29) is 0 Å². The number of carbonyl (C=O) groups excluding carboxylic acids is 1. The molecule has 0 aromatic rings. The molecule has 0 rings (SSSR count). The van der Waals surface area contributed by atoms with Gasteiger partial charge in [-0.1, -0.05) is 18.7 Å². The van der Waals surface area contributed by atoms with Gasteiger partial charge < -0.3 is 9.79 Å². The van der Waals surface area contributed by atoms with Crippen LogP contribution in [-0.2, 0) is 4.57 Å². The lowest BCUT2D eigenvalue weighted by atomic mass is 10.6. The first-order chi connectivity index (χ1) is 4.48. The third kappa shape index (κ3) is 4.06. The SMILES string of the molecule is CCCSC(=O)P(=O)(O)O. The topological polar surface area (TPSA) is 74.6 Å². The maximum atomic E-state index is 10.4. The zero-order chi connectivity index (χ0) is 8.20. The fourth-order valence-electron chi connectivity index (χ4n) is 0.273. The summed E-state index contributed by atoms with van der Waals surface area (Å²) in [6, 6.07) is 0. The molecule has 0 saturated heterocycles. The van der Waals surface area contributed by atoms with Crippen molar-refractivity contribution in [2.45, 2.75) is 13.3 Å². The molecule has 2 N–H and O–H groups in total. The Morgan fingerprint density at radius 2 is 2.10 bits per heavy atom. The molecule has 0 spiro atoms. The van der Waals surface area contributed by atoms with E-state index >= 15 is 0 Å². The lowest BCUT2D eigenvalue weighted by Crippen LogP contribution is -1.90. The number of rotatable bonds is 3. The maximum absolute atomic E-state index is 10.4. The number of thioether (sulfide) groups is 1. The molecule has 0 saturated carbocycles. The molecule has 0 aromatic carbocycles. The van der Waals surface area contributed by atoms with E-state index in [1.54, 1.807) is 0 Å². The molecule has 4 nitrogen and oxygen atoms in total. The van der Waals surface area contributed by atoms with Crippen LogP contribution in [0.25, 0.3) is 0 Å². The molecule has 0 aliphatic carbocycles. The summed E-state index contributed by atoms with van der Waals surface area (Å²) in [5.74, 6) is 0.462. The van der Waals surface area contributed by atoms with Gasteiger partial charge in [0.05, 0.1) is 0 Å². The average molecular weight is 184 g/mol. The van der Waals surface area contributed by atoms with Gasteiger partial charge >= 0.3 is 7.60 Å². The van der Waals surface area contributed by atoms with Crippen molar-refractivity contribution < 1.29 is 19.1 Å². The zero-order valence-electron chi connectivity index (χ0n) is 5.48. The van der Waals surface area contributed by atoms with E-state index in [0.717, 1.165) is 6.42 Å². The highest BCUT2D eigenvalue weighted by atomic mass is 32.2. The largest absolute Gasteiger partial charge is 0.402 e. The molecule has 10 heavy (non-hydrogen) atoms. The lowest BCUT2D eigenvalue weighted by Gasteiger charge is -1.98. The van der Waals surface area contributed by atoms with Gasteiger partial charge in [0.25, 0.3) is 4.86 Å². The van der Waals surface area contributed by atoms with Crippen molar-refractivity contribution in [2.75, 3.05) is 5.75 Å². The van der Waals surface area contributed by atoms with Gasteiger partial charge in [0.2, 0.25) is 0 Å². The first kappa shape index (κ1) is 10.2. The van der Waals surface area contributed by atoms with Crippen LogP contribution < -0.4 is 0 Å². The highest BCUT2D eigenvalue weighted by Gasteiger charge is 2.25. The summed E-state index contributed by atoms with van der Waals surface area (Å²) in [5.41, 5.74) is 0. The van der Waals surface area contributed by atoms with Gasteiger partial charge in [0.1, 0.15) is 0 Å². The molecule has 6 heteroatoms. The molecular formula is C4H9O4PS. The first-order valence-electron chi connectivity index (χ1n) is 2.71. The van der Waals surface area contributed by atoms with Gasteiger partial charge in [-0.05, 0) is 6.42 Å². The van der Waals surface area contributed by atoms with E-state index in [4.69, 9.17) is 9.79 Å². The summed E-state index contributed by atoms with van der Waals surface area (Å²) in [7, 11) is -4.46. The van der Waals surface area contributed by atoms with Crippen LogP contribution in [0, 0.1) is 0 Å². The Morgan fingerprint density at radius 1 is 1.60 bits per heavy atom. The van der Waals surface area contributed by atoms with Gasteiger partial charge in [-0.15, -0.1) is 0 Å². The summed E-state index contributed by atoms with van der Waals surface area (Å²) in [6.07, 6.45) is 0.733. The Morgan fingerprint density at radius 3 is 2.40 bits per heavy atom. The fraction of sp³-hybridized carbons (Fsp3) is 0.750. The summed E-state index contributed by atoms with van der Waals surface area (Å²) in [6.45, 7) is 1.83. The molecular weight excluding hydrogens is 175 g/mol. The van der Waals surface area contributed by atoms with E-state index < -0.39 is 12.5 Å². The molecule has 0 aromatic heterocycles. The van der Waals surface area contributed by atoms with E-state index in [9.17, 15) is 9.36 Å².